The third-order valence-electron chi connectivity index (χ3n) is 5.79. The van der Waals surface area contributed by atoms with Gasteiger partial charge in [0, 0.05) is 30.4 Å². The summed E-state index contributed by atoms with van der Waals surface area (Å²) in [4.78, 5) is 19.9. The predicted octanol–water partition coefficient (Wildman–Crippen LogP) is 6.05. The number of thioether (sulfide) groups is 1. The molecule has 2 aliphatic heterocycles. The Hall–Kier alpha value is -3.03. The lowest BCUT2D eigenvalue weighted by molar-refractivity contribution is -0.113. The smallest absolute Gasteiger partial charge is 0.286 e. The molecule has 34 heavy (non-hydrogen) atoms. The van der Waals surface area contributed by atoms with Crippen molar-refractivity contribution in [3.63, 3.8) is 0 Å². The zero-order valence-electron chi connectivity index (χ0n) is 18.9. The third kappa shape index (κ3) is 4.76. The van der Waals surface area contributed by atoms with Gasteiger partial charge in [-0.3, -0.25) is 4.79 Å². The number of ether oxygens (including phenoxy) is 1. The maximum Gasteiger partial charge on any atom is 0.286 e. The van der Waals surface area contributed by atoms with Gasteiger partial charge in [0.05, 0.1) is 22.2 Å². The van der Waals surface area contributed by atoms with Gasteiger partial charge in [-0.15, -0.1) is 0 Å². The van der Waals surface area contributed by atoms with Gasteiger partial charge in [0.2, 0.25) is 0 Å². The van der Waals surface area contributed by atoms with Gasteiger partial charge in [0.1, 0.15) is 11.4 Å². The van der Waals surface area contributed by atoms with E-state index in [1.807, 2.05) is 72.4 Å². The number of nitrogens with zero attached hydrogens (tertiary/aromatic N) is 4. The van der Waals surface area contributed by atoms with E-state index >= 15 is 0 Å². The summed E-state index contributed by atoms with van der Waals surface area (Å²) in [6.07, 6.45) is 7.34. The van der Waals surface area contributed by atoms with E-state index in [1.54, 1.807) is 0 Å². The standard InChI is InChI=1S/C26H25ClN4O2S/c1-2-33-22-12-11-18(15-21(22)27)24-19(17-31(29-24)20-9-5-3-6-10-20)16-23-25(32)28-26(34-23)30-13-7-4-8-14-30/h3,5-6,9-12,15-17H,2,4,7-8,13-14H2,1H3/b23-16-. The minimum absolute atomic E-state index is 0.200. The molecule has 0 saturated carbocycles. The number of aromatic nitrogens is 2. The molecule has 0 bridgehead atoms. The van der Waals surface area contributed by atoms with E-state index < -0.39 is 0 Å². The predicted molar refractivity (Wildman–Crippen MR) is 139 cm³/mol. The number of piperidine rings is 1. The second-order valence-corrected chi connectivity index (χ2v) is 9.57. The van der Waals surface area contributed by atoms with Crippen molar-refractivity contribution >= 4 is 40.5 Å². The Morgan fingerprint density at radius 2 is 1.91 bits per heavy atom. The maximum absolute atomic E-state index is 12.8. The van der Waals surface area contributed by atoms with E-state index in [0.29, 0.717) is 22.3 Å². The number of hydrogen-bond acceptors (Lipinski definition) is 5. The SMILES string of the molecule is CCOc1ccc(-c2nn(-c3ccccc3)cc2/C=C2\SC(N3CCCCC3)=NC2=O)cc1Cl. The molecule has 174 valence electrons. The number of benzene rings is 2. The molecule has 8 heteroatoms. The van der Waals surface area contributed by atoms with Crippen molar-refractivity contribution in [3.8, 4) is 22.7 Å². The summed E-state index contributed by atoms with van der Waals surface area (Å²) in [5.41, 5.74) is 3.35. The molecule has 5 rings (SSSR count). The first-order valence-corrected chi connectivity index (χ1v) is 12.7. The Labute approximate surface area is 208 Å². The Balaban J connectivity index is 1.52. The number of carbonyl (C=O) groups is 1. The lowest BCUT2D eigenvalue weighted by Gasteiger charge is -2.27. The molecule has 0 spiro atoms. The van der Waals surface area contributed by atoms with Gasteiger partial charge in [-0.2, -0.15) is 10.1 Å². The Morgan fingerprint density at radius 1 is 1.12 bits per heavy atom. The van der Waals surface area contributed by atoms with Crippen LogP contribution < -0.4 is 4.74 Å². The molecular formula is C26H25ClN4O2S. The molecule has 3 aromatic rings. The summed E-state index contributed by atoms with van der Waals surface area (Å²) < 4.78 is 7.41. The molecule has 2 aliphatic rings. The molecule has 0 atom stereocenters. The first-order chi connectivity index (χ1) is 16.6. The van der Waals surface area contributed by atoms with Crippen LogP contribution >= 0.6 is 23.4 Å². The minimum atomic E-state index is -0.200. The molecule has 0 N–H and O–H groups in total. The quantitative estimate of drug-likeness (QED) is 0.406. The summed E-state index contributed by atoms with van der Waals surface area (Å²) >= 11 is 7.92. The van der Waals surface area contributed by atoms with Crippen molar-refractivity contribution in [1.29, 1.82) is 0 Å². The third-order valence-corrected chi connectivity index (χ3v) is 7.13. The summed E-state index contributed by atoms with van der Waals surface area (Å²) in [5.74, 6) is 0.435. The molecule has 0 aliphatic carbocycles. The van der Waals surface area contributed by atoms with Crippen molar-refractivity contribution in [1.82, 2.24) is 14.7 Å². The Morgan fingerprint density at radius 3 is 2.65 bits per heavy atom. The number of aliphatic imine (C=N–C) groups is 1. The number of carbonyl (C=O) groups excluding carboxylic acids is 1. The van der Waals surface area contributed by atoms with Crippen LogP contribution in [0.1, 0.15) is 31.7 Å². The molecule has 2 aromatic carbocycles. The van der Waals surface area contributed by atoms with Crippen LogP contribution in [-0.2, 0) is 4.79 Å². The maximum atomic E-state index is 12.8. The molecule has 0 unspecified atom stereocenters. The van der Waals surface area contributed by atoms with Crippen LogP contribution in [0.2, 0.25) is 5.02 Å². The lowest BCUT2D eigenvalue weighted by Crippen LogP contribution is -2.33. The molecule has 1 amide bonds. The number of amidine groups is 1. The lowest BCUT2D eigenvalue weighted by atomic mass is 10.1. The van der Waals surface area contributed by atoms with E-state index in [2.05, 4.69) is 9.89 Å². The fourth-order valence-electron chi connectivity index (χ4n) is 4.11. The van der Waals surface area contributed by atoms with Crippen molar-refractivity contribution in [2.24, 2.45) is 4.99 Å². The summed E-state index contributed by atoms with van der Waals surface area (Å²) in [7, 11) is 0. The van der Waals surface area contributed by atoms with E-state index in [9.17, 15) is 4.79 Å². The van der Waals surface area contributed by atoms with Crippen molar-refractivity contribution in [3.05, 3.63) is 70.2 Å². The van der Waals surface area contributed by atoms with Gasteiger partial charge in [0.15, 0.2) is 5.17 Å². The fraction of sp³-hybridized carbons (Fsp3) is 0.269. The number of hydrogen-bond donors (Lipinski definition) is 0. The van der Waals surface area contributed by atoms with Crippen molar-refractivity contribution < 1.29 is 9.53 Å². The van der Waals surface area contributed by atoms with Gasteiger partial charge in [-0.1, -0.05) is 29.8 Å². The van der Waals surface area contributed by atoms with Crippen molar-refractivity contribution in [2.75, 3.05) is 19.7 Å². The highest BCUT2D eigenvalue weighted by Crippen LogP contribution is 2.36. The van der Waals surface area contributed by atoms with Gasteiger partial charge in [-0.25, -0.2) is 4.68 Å². The van der Waals surface area contributed by atoms with Gasteiger partial charge in [0.25, 0.3) is 5.91 Å². The zero-order valence-corrected chi connectivity index (χ0v) is 20.5. The van der Waals surface area contributed by atoms with E-state index in [0.717, 1.165) is 53.6 Å². The number of halogens is 1. The summed E-state index contributed by atoms with van der Waals surface area (Å²) in [6, 6.07) is 15.5. The molecule has 1 fully saturated rings. The van der Waals surface area contributed by atoms with Gasteiger partial charge < -0.3 is 9.64 Å². The molecule has 3 heterocycles. The molecule has 0 radical (unpaired) electrons. The van der Waals surface area contributed by atoms with E-state index in [-0.39, 0.29) is 5.91 Å². The van der Waals surface area contributed by atoms with E-state index in [4.69, 9.17) is 21.4 Å². The van der Waals surface area contributed by atoms with Crippen LogP contribution in [0.25, 0.3) is 23.0 Å². The first-order valence-electron chi connectivity index (χ1n) is 11.5. The Bertz CT molecular complexity index is 1260. The number of rotatable bonds is 5. The number of para-hydroxylation sites is 1. The minimum Gasteiger partial charge on any atom is -0.492 e. The highest BCUT2D eigenvalue weighted by molar-refractivity contribution is 8.18. The number of likely N-dealkylation sites (tertiary alicyclic amines) is 1. The highest BCUT2D eigenvalue weighted by Gasteiger charge is 2.27. The highest BCUT2D eigenvalue weighted by atomic mass is 35.5. The second kappa shape index (κ2) is 10.1. The van der Waals surface area contributed by atoms with Crippen LogP contribution in [0.5, 0.6) is 5.75 Å². The van der Waals surface area contributed by atoms with Gasteiger partial charge in [-0.05, 0) is 74.4 Å². The summed E-state index contributed by atoms with van der Waals surface area (Å²) in [5, 5.41) is 6.17. The molecule has 1 saturated heterocycles. The fourth-order valence-corrected chi connectivity index (χ4v) is 5.30. The number of amides is 1. The van der Waals surface area contributed by atoms with Gasteiger partial charge >= 0.3 is 0 Å². The monoisotopic (exact) mass is 492 g/mol. The van der Waals surface area contributed by atoms with E-state index in [1.165, 1.54) is 18.2 Å². The largest absolute Gasteiger partial charge is 0.492 e. The average molecular weight is 493 g/mol. The van der Waals surface area contributed by atoms with Crippen LogP contribution in [0, 0.1) is 0 Å². The zero-order chi connectivity index (χ0) is 23.5. The normalized spacial score (nSPS) is 17.4. The van der Waals surface area contributed by atoms with Crippen LogP contribution in [0.15, 0.2) is 64.6 Å². The van der Waals surface area contributed by atoms with Crippen LogP contribution in [0.3, 0.4) is 0 Å². The molecule has 6 nitrogen and oxygen atoms in total. The second-order valence-electron chi connectivity index (χ2n) is 8.15. The average Bonchev–Trinajstić information content (AvgIpc) is 3.45. The molecule has 1 aromatic heterocycles. The first kappa shape index (κ1) is 22.7. The topological polar surface area (TPSA) is 59.7 Å². The van der Waals surface area contributed by atoms with Crippen molar-refractivity contribution in [2.45, 2.75) is 26.2 Å². The Kier molecular flexibility index (Phi) is 6.74. The summed E-state index contributed by atoms with van der Waals surface area (Å²) in [6.45, 7) is 4.37. The van der Waals surface area contributed by atoms with Crippen LogP contribution in [-0.4, -0.2) is 45.5 Å². The molecular weight excluding hydrogens is 468 g/mol. The van der Waals surface area contributed by atoms with Crippen LogP contribution in [0.4, 0.5) is 0 Å².